The first-order valence-electron chi connectivity index (χ1n) is 8.12. The molecule has 2 aromatic carbocycles. The van der Waals surface area contributed by atoms with E-state index in [4.69, 9.17) is 17.3 Å². The van der Waals surface area contributed by atoms with Crippen molar-refractivity contribution in [1.82, 2.24) is 0 Å². The summed E-state index contributed by atoms with van der Waals surface area (Å²) in [5.74, 6) is -0.894. The topological polar surface area (TPSA) is 88.7 Å². The predicted molar refractivity (Wildman–Crippen MR) is 103 cm³/mol. The van der Waals surface area contributed by atoms with E-state index in [0.29, 0.717) is 10.7 Å². The second kappa shape index (κ2) is 9.32. The van der Waals surface area contributed by atoms with Gasteiger partial charge in [0.1, 0.15) is 0 Å². The molecule has 6 nitrogen and oxygen atoms in total. The second-order valence-electron chi connectivity index (χ2n) is 5.65. The molecule has 0 aliphatic carbocycles. The number of ether oxygens (including phenoxy) is 1. The minimum atomic E-state index is -4.83. The molecule has 0 saturated heterocycles. The molecular weight excluding hydrogens is 397 g/mol. The quantitative estimate of drug-likeness (QED) is 0.485. The number of guanidine groups is 1. The van der Waals surface area contributed by atoms with Crippen LogP contribution in [-0.4, -0.2) is 24.8 Å². The van der Waals surface area contributed by atoms with Gasteiger partial charge < -0.3 is 21.1 Å². The minimum absolute atomic E-state index is 0.0000729. The summed E-state index contributed by atoms with van der Waals surface area (Å²) in [5.41, 5.74) is 7.00. The molecule has 10 heteroatoms. The first-order valence-corrected chi connectivity index (χ1v) is 8.50. The molecule has 0 saturated carbocycles. The molecule has 2 rings (SSSR count). The molecule has 0 aliphatic rings. The number of anilines is 2. The van der Waals surface area contributed by atoms with Crippen LogP contribution in [0.15, 0.2) is 47.5 Å². The molecule has 150 valence electrons. The van der Waals surface area contributed by atoms with Crippen molar-refractivity contribution in [3.63, 3.8) is 0 Å². The van der Waals surface area contributed by atoms with Crippen LogP contribution in [-0.2, 0) is 4.79 Å². The number of rotatable bonds is 6. The van der Waals surface area contributed by atoms with Gasteiger partial charge in [0.25, 0.3) is 0 Å². The molecule has 0 bridgehead atoms. The van der Waals surface area contributed by atoms with E-state index in [1.165, 1.54) is 18.2 Å². The number of nitrogens with one attached hydrogen (secondary N) is 2. The Hall–Kier alpha value is -2.94. The predicted octanol–water partition coefficient (Wildman–Crippen LogP) is 4.30. The SMILES string of the molecule is Cc1c(Cl)cccc1NC(=O)CCN=C(N)Nc1ccccc1OC(F)(F)F. The number of alkyl halides is 3. The minimum Gasteiger partial charge on any atom is -0.404 e. The highest BCUT2D eigenvalue weighted by molar-refractivity contribution is 6.31. The lowest BCUT2D eigenvalue weighted by Gasteiger charge is -2.14. The van der Waals surface area contributed by atoms with Crippen LogP contribution < -0.4 is 21.1 Å². The Bertz CT molecular complexity index is 872. The van der Waals surface area contributed by atoms with E-state index < -0.39 is 12.1 Å². The van der Waals surface area contributed by atoms with Gasteiger partial charge in [-0.1, -0.05) is 29.8 Å². The summed E-state index contributed by atoms with van der Waals surface area (Å²) in [5, 5.41) is 5.77. The maximum absolute atomic E-state index is 12.4. The largest absolute Gasteiger partial charge is 0.573 e. The smallest absolute Gasteiger partial charge is 0.404 e. The average Bonchev–Trinajstić information content (AvgIpc) is 2.59. The number of halogens is 4. The molecule has 0 atom stereocenters. The van der Waals surface area contributed by atoms with Crippen molar-refractivity contribution >= 4 is 34.8 Å². The van der Waals surface area contributed by atoms with Gasteiger partial charge in [-0.3, -0.25) is 9.79 Å². The fourth-order valence-corrected chi connectivity index (χ4v) is 2.37. The molecule has 1 amide bonds. The summed E-state index contributed by atoms with van der Waals surface area (Å²) in [6, 6.07) is 10.5. The Balaban J connectivity index is 1.91. The monoisotopic (exact) mass is 414 g/mol. The summed E-state index contributed by atoms with van der Waals surface area (Å²) in [6.45, 7) is 1.81. The Morgan fingerprint density at radius 1 is 1.14 bits per heavy atom. The molecule has 0 fully saturated rings. The normalized spacial score (nSPS) is 11.8. The van der Waals surface area contributed by atoms with Gasteiger partial charge >= 0.3 is 6.36 Å². The maximum Gasteiger partial charge on any atom is 0.573 e. The summed E-state index contributed by atoms with van der Waals surface area (Å²) in [6.07, 6.45) is -4.81. The van der Waals surface area contributed by atoms with Gasteiger partial charge in [-0.05, 0) is 36.8 Å². The number of carbonyl (C=O) groups is 1. The van der Waals surface area contributed by atoms with Crippen molar-refractivity contribution in [2.24, 2.45) is 10.7 Å². The number of aliphatic imine (C=N–C) groups is 1. The molecule has 0 heterocycles. The third-order valence-corrected chi connectivity index (χ3v) is 3.95. The number of carbonyl (C=O) groups excluding carboxylic acids is 1. The van der Waals surface area contributed by atoms with Crippen molar-refractivity contribution in [1.29, 1.82) is 0 Å². The van der Waals surface area contributed by atoms with Gasteiger partial charge in [0.15, 0.2) is 11.7 Å². The van der Waals surface area contributed by atoms with Crippen LogP contribution in [0.1, 0.15) is 12.0 Å². The van der Waals surface area contributed by atoms with Crippen molar-refractivity contribution in [3.05, 3.63) is 53.1 Å². The zero-order chi connectivity index (χ0) is 20.7. The molecule has 0 unspecified atom stereocenters. The van der Waals surface area contributed by atoms with Gasteiger partial charge in [0, 0.05) is 17.1 Å². The van der Waals surface area contributed by atoms with E-state index in [-0.39, 0.29) is 30.5 Å². The molecule has 0 spiro atoms. The van der Waals surface area contributed by atoms with Crippen molar-refractivity contribution in [2.75, 3.05) is 17.2 Å². The fraction of sp³-hybridized carbons (Fsp3) is 0.222. The van der Waals surface area contributed by atoms with Crippen LogP contribution in [0.3, 0.4) is 0 Å². The lowest BCUT2D eigenvalue weighted by atomic mass is 10.2. The fourth-order valence-electron chi connectivity index (χ4n) is 2.19. The van der Waals surface area contributed by atoms with E-state index in [2.05, 4.69) is 20.4 Å². The number of amides is 1. The van der Waals surface area contributed by atoms with Crippen LogP contribution in [0.4, 0.5) is 24.5 Å². The van der Waals surface area contributed by atoms with Crippen LogP contribution in [0, 0.1) is 6.92 Å². The van der Waals surface area contributed by atoms with Crippen LogP contribution >= 0.6 is 11.6 Å². The number of nitrogens with two attached hydrogens (primary N) is 1. The standard InChI is InChI=1S/C18H18ClF3N4O2/c1-11-12(19)5-4-7-13(11)25-16(27)9-10-24-17(23)26-14-6-2-3-8-15(14)28-18(20,21)22/h2-8H,9-10H2,1H3,(H,25,27)(H3,23,24,26). The van der Waals surface area contributed by atoms with Gasteiger partial charge in [-0.15, -0.1) is 13.2 Å². The molecule has 0 aliphatic heterocycles. The number of benzene rings is 2. The van der Waals surface area contributed by atoms with Gasteiger partial charge in [-0.2, -0.15) is 0 Å². The first-order chi connectivity index (χ1) is 13.2. The van der Waals surface area contributed by atoms with Crippen LogP contribution in [0.25, 0.3) is 0 Å². The number of hydrogen-bond acceptors (Lipinski definition) is 3. The Labute approximate surface area is 164 Å². The average molecular weight is 415 g/mol. The van der Waals surface area contributed by atoms with Gasteiger partial charge in [-0.25, -0.2) is 0 Å². The molecule has 0 aromatic heterocycles. The highest BCUT2D eigenvalue weighted by Gasteiger charge is 2.32. The lowest BCUT2D eigenvalue weighted by molar-refractivity contribution is -0.274. The zero-order valence-electron chi connectivity index (χ0n) is 14.8. The van der Waals surface area contributed by atoms with E-state index in [1.54, 1.807) is 25.1 Å². The molecule has 4 N–H and O–H groups in total. The van der Waals surface area contributed by atoms with E-state index in [1.807, 2.05) is 0 Å². The van der Waals surface area contributed by atoms with Crippen LogP contribution in [0.2, 0.25) is 5.02 Å². The van der Waals surface area contributed by atoms with E-state index in [9.17, 15) is 18.0 Å². The van der Waals surface area contributed by atoms with Crippen molar-refractivity contribution < 1.29 is 22.7 Å². The third-order valence-electron chi connectivity index (χ3n) is 3.54. The molecule has 28 heavy (non-hydrogen) atoms. The van der Waals surface area contributed by atoms with Crippen molar-refractivity contribution in [2.45, 2.75) is 19.7 Å². The molecular formula is C18H18ClF3N4O2. The summed E-state index contributed by atoms with van der Waals surface area (Å²) < 4.78 is 41.2. The van der Waals surface area contributed by atoms with E-state index >= 15 is 0 Å². The summed E-state index contributed by atoms with van der Waals surface area (Å²) >= 11 is 5.99. The molecule has 0 radical (unpaired) electrons. The molecule has 2 aromatic rings. The Kier molecular flexibility index (Phi) is 7.11. The Morgan fingerprint density at radius 2 is 1.82 bits per heavy atom. The highest BCUT2D eigenvalue weighted by atomic mass is 35.5. The second-order valence-corrected chi connectivity index (χ2v) is 6.05. The first kappa shape index (κ1) is 21.4. The maximum atomic E-state index is 12.4. The number of nitrogens with zero attached hydrogens (tertiary/aromatic N) is 1. The Morgan fingerprint density at radius 3 is 2.54 bits per heavy atom. The number of hydrogen-bond donors (Lipinski definition) is 3. The van der Waals surface area contributed by atoms with Gasteiger partial charge in [0.05, 0.1) is 12.2 Å². The van der Waals surface area contributed by atoms with E-state index in [0.717, 1.165) is 11.6 Å². The number of para-hydroxylation sites is 2. The zero-order valence-corrected chi connectivity index (χ0v) is 15.6. The highest BCUT2D eigenvalue weighted by Crippen LogP contribution is 2.29. The lowest BCUT2D eigenvalue weighted by Crippen LogP contribution is -2.25. The summed E-state index contributed by atoms with van der Waals surface area (Å²) in [7, 11) is 0. The summed E-state index contributed by atoms with van der Waals surface area (Å²) in [4.78, 5) is 15.9. The van der Waals surface area contributed by atoms with Crippen molar-refractivity contribution in [3.8, 4) is 5.75 Å². The third kappa shape index (κ3) is 6.66. The van der Waals surface area contributed by atoms with Gasteiger partial charge in [0.2, 0.25) is 5.91 Å². The van der Waals surface area contributed by atoms with Crippen LogP contribution in [0.5, 0.6) is 5.75 Å².